The van der Waals surface area contributed by atoms with Gasteiger partial charge >= 0.3 is 0 Å². The van der Waals surface area contributed by atoms with Crippen molar-refractivity contribution >= 4 is 21.6 Å². The van der Waals surface area contributed by atoms with E-state index in [9.17, 15) is 13.2 Å². The van der Waals surface area contributed by atoms with Crippen molar-refractivity contribution in [2.75, 3.05) is 24.5 Å². The molecule has 0 aliphatic heterocycles. The third-order valence-corrected chi connectivity index (χ3v) is 5.13. The smallest absolute Gasteiger partial charge is 0.264 e. The summed E-state index contributed by atoms with van der Waals surface area (Å²) in [6, 6.07) is 14.6. The number of para-hydroxylation sites is 1. The standard InChI is InChI=1S/C16H18N2O4S/c1-18(13-7-3-2-4-8-13)23(21,22)15-10-6-5-9-14(15)16(20)17-11-12-19/h2-10,19H,11-12H2,1H3,(H,17,20). The fourth-order valence-electron chi connectivity index (χ4n) is 2.07. The van der Waals surface area contributed by atoms with Crippen LogP contribution in [0, 0.1) is 0 Å². The molecule has 0 aliphatic carbocycles. The lowest BCUT2D eigenvalue weighted by atomic mass is 10.2. The summed E-state index contributed by atoms with van der Waals surface area (Å²) in [7, 11) is -2.45. The lowest BCUT2D eigenvalue weighted by molar-refractivity contribution is 0.0941. The minimum Gasteiger partial charge on any atom is -0.395 e. The number of rotatable bonds is 6. The number of carbonyl (C=O) groups excluding carboxylic acids is 1. The van der Waals surface area contributed by atoms with Crippen LogP contribution in [0.15, 0.2) is 59.5 Å². The molecule has 1 amide bonds. The van der Waals surface area contributed by atoms with Gasteiger partial charge in [0, 0.05) is 13.6 Å². The maximum absolute atomic E-state index is 12.8. The number of carbonyl (C=O) groups is 1. The molecule has 23 heavy (non-hydrogen) atoms. The Hall–Kier alpha value is -2.38. The monoisotopic (exact) mass is 334 g/mol. The lowest BCUT2D eigenvalue weighted by Gasteiger charge is -2.21. The number of benzene rings is 2. The van der Waals surface area contributed by atoms with Crippen LogP contribution < -0.4 is 9.62 Å². The number of sulfonamides is 1. The summed E-state index contributed by atoms with van der Waals surface area (Å²) in [5.41, 5.74) is 0.543. The van der Waals surface area contributed by atoms with Gasteiger partial charge in [-0.15, -0.1) is 0 Å². The van der Waals surface area contributed by atoms with E-state index >= 15 is 0 Å². The van der Waals surface area contributed by atoms with Crippen LogP contribution in [-0.2, 0) is 10.0 Å². The summed E-state index contributed by atoms with van der Waals surface area (Å²) in [5.74, 6) is -0.542. The minimum atomic E-state index is -3.88. The normalized spacial score (nSPS) is 11.0. The number of nitrogens with one attached hydrogen (secondary N) is 1. The highest BCUT2D eigenvalue weighted by molar-refractivity contribution is 7.92. The summed E-state index contributed by atoms with van der Waals surface area (Å²) < 4.78 is 26.8. The highest BCUT2D eigenvalue weighted by Gasteiger charge is 2.26. The van der Waals surface area contributed by atoms with Crippen LogP contribution >= 0.6 is 0 Å². The SMILES string of the molecule is CN(c1ccccc1)S(=O)(=O)c1ccccc1C(=O)NCCO. The molecule has 122 valence electrons. The van der Waals surface area contributed by atoms with E-state index in [1.54, 1.807) is 42.5 Å². The van der Waals surface area contributed by atoms with Crippen LogP contribution in [0.4, 0.5) is 5.69 Å². The molecule has 0 radical (unpaired) electrons. The van der Waals surface area contributed by atoms with E-state index in [1.165, 1.54) is 19.2 Å². The number of hydrogen-bond donors (Lipinski definition) is 2. The van der Waals surface area contributed by atoms with Crippen LogP contribution in [0.5, 0.6) is 0 Å². The molecule has 0 saturated carbocycles. The summed E-state index contributed by atoms with van der Waals surface area (Å²) >= 11 is 0. The van der Waals surface area contributed by atoms with Gasteiger partial charge in [-0.1, -0.05) is 30.3 Å². The third-order valence-electron chi connectivity index (χ3n) is 3.29. The molecule has 0 aliphatic rings. The number of anilines is 1. The Morgan fingerprint density at radius 1 is 1.09 bits per heavy atom. The molecule has 0 heterocycles. The van der Waals surface area contributed by atoms with E-state index in [2.05, 4.69) is 5.32 Å². The van der Waals surface area contributed by atoms with Crippen molar-refractivity contribution < 1.29 is 18.3 Å². The Bertz CT molecular complexity index is 776. The van der Waals surface area contributed by atoms with Gasteiger partial charge in [0.1, 0.15) is 4.90 Å². The first-order chi connectivity index (χ1) is 11.0. The molecule has 0 bridgehead atoms. The maximum atomic E-state index is 12.8. The Kier molecular flexibility index (Phi) is 5.36. The molecule has 6 nitrogen and oxygen atoms in total. The van der Waals surface area contributed by atoms with Crippen LogP contribution in [0.3, 0.4) is 0 Å². The second kappa shape index (κ2) is 7.26. The van der Waals surface area contributed by atoms with Gasteiger partial charge in [-0.3, -0.25) is 9.10 Å². The van der Waals surface area contributed by atoms with Crippen LogP contribution in [-0.4, -0.2) is 39.6 Å². The first-order valence-corrected chi connectivity index (χ1v) is 8.44. The largest absolute Gasteiger partial charge is 0.395 e. The van der Waals surface area contributed by atoms with E-state index < -0.39 is 15.9 Å². The summed E-state index contributed by atoms with van der Waals surface area (Å²) in [5, 5.41) is 11.3. The molecule has 0 spiro atoms. The summed E-state index contributed by atoms with van der Waals surface area (Å²) in [6.07, 6.45) is 0. The Morgan fingerprint density at radius 3 is 2.35 bits per heavy atom. The van der Waals surface area contributed by atoms with Crippen molar-refractivity contribution in [3.05, 3.63) is 60.2 Å². The van der Waals surface area contributed by atoms with Crippen molar-refractivity contribution in [3.63, 3.8) is 0 Å². The number of amides is 1. The predicted octanol–water partition coefficient (Wildman–Crippen LogP) is 1.23. The van der Waals surface area contributed by atoms with E-state index in [-0.39, 0.29) is 23.6 Å². The highest BCUT2D eigenvalue weighted by Crippen LogP contribution is 2.24. The molecular formula is C16H18N2O4S. The summed E-state index contributed by atoms with van der Waals surface area (Å²) in [6.45, 7) is -0.160. The second-order valence-electron chi connectivity index (χ2n) is 4.78. The zero-order valence-electron chi connectivity index (χ0n) is 12.6. The van der Waals surface area contributed by atoms with Gasteiger partial charge in [-0.25, -0.2) is 8.42 Å². The zero-order valence-corrected chi connectivity index (χ0v) is 13.5. The first kappa shape index (κ1) is 17.0. The van der Waals surface area contributed by atoms with E-state index in [4.69, 9.17) is 5.11 Å². The van der Waals surface area contributed by atoms with E-state index in [0.717, 1.165) is 4.31 Å². The molecule has 2 N–H and O–H groups in total. The lowest BCUT2D eigenvalue weighted by Crippen LogP contribution is -2.31. The van der Waals surface area contributed by atoms with Gasteiger partial charge in [0.15, 0.2) is 0 Å². The van der Waals surface area contributed by atoms with Gasteiger partial charge in [0.25, 0.3) is 15.9 Å². The van der Waals surface area contributed by atoms with Crippen molar-refractivity contribution in [3.8, 4) is 0 Å². The van der Waals surface area contributed by atoms with E-state index in [0.29, 0.717) is 5.69 Å². The molecule has 0 fully saturated rings. The topological polar surface area (TPSA) is 86.7 Å². The van der Waals surface area contributed by atoms with Gasteiger partial charge < -0.3 is 10.4 Å². The van der Waals surface area contributed by atoms with Gasteiger partial charge in [-0.05, 0) is 24.3 Å². The minimum absolute atomic E-state index is 0.0451. The van der Waals surface area contributed by atoms with Gasteiger partial charge in [0.2, 0.25) is 0 Å². The quantitative estimate of drug-likeness (QED) is 0.832. The fraction of sp³-hybridized carbons (Fsp3) is 0.188. The molecule has 2 aromatic rings. The fourth-order valence-corrected chi connectivity index (χ4v) is 3.45. The number of aliphatic hydroxyl groups excluding tert-OH is 1. The molecule has 2 rings (SSSR count). The van der Waals surface area contributed by atoms with Gasteiger partial charge in [-0.2, -0.15) is 0 Å². The molecule has 7 heteroatoms. The second-order valence-corrected chi connectivity index (χ2v) is 6.72. The average molecular weight is 334 g/mol. The number of nitrogens with zero attached hydrogens (tertiary/aromatic N) is 1. The molecule has 0 unspecified atom stereocenters. The van der Waals surface area contributed by atoms with Crippen molar-refractivity contribution in [2.24, 2.45) is 0 Å². The van der Waals surface area contributed by atoms with Crippen LogP contribution in [0.2, 0.25) is 0 Å². The van der Waals surface area contributed by atoms with E-state index in [1.807, 2.05) is 0 Å². The van der Waals surface area contributed by atoms with Gasteiger partial charge in [0.05, 0.1) is 17.9 Å². The van der Waals surface area contributed by atoms with Crippen molar-refractivity contribution in [1.82, 2.24) is 5.32 Å². The predicted molar refractivity (Wildman–Crippen MR) is 87.9 cm³/mol. The van der Waals surface area contributed by atoms with Crippen molar-refractivity contribution in [2.45, 2.75) is 4.90 Å². The number of hydrogen-bond acceptors (Lipinski definition) is 4. The summed E-state index contributed by atoms with van der Waals surface area (Å²) in [4.78, 5) is 12.0. The third kappa shape index (κ3) is 3.69. The zero-order chi connectivity index (χ0) is 16.9. The molecule has 0 aromatic heterocycles. The Morgan fingerprint density at radius 2 is 1.70 bits per heavy atom. The molecular weight excluding hydrogens is 316 g/mol. The van der Waals surface area contributed by atoms with Crippen molar-refractivity contribution in [1.29, 1.82) is 0 Å². The maximum Gasteiger partial charge on any atom is 0.264 e. The number of aliphatic hydroxyl groups is 1. The van der Waals surface area contributed by atoms with Crippen LogP contribution in [0.1, 0.15) is 10.4 Å². The Labute approximate surface area is 135 Å². The Balaban J connectivity index is 2.43. The van der Waals surface area contributed by atoms with Crippen LogP contribution in [0.25, 0.3) is 0 Å². The molecule has 2 aromatic carbocycles. The highest BCUT2D eigenvalue weighted by atomic mass is 32.2. The molecule has 0 saturated heterocycles. The average Bonchev–Trinajstić information content (AvgIpc) is 2.59. The molecule has 0 atom stereocenters. The first-order valence-electron chi connectivity index (χ1n) is 7.00.